The second kappa shape index (κ2) is 3.35. The number of carbonyl (C=O) groups is 1. The lowest BCUT2D eigenvalue weighted by Crippen LogP contribution is -2.61. The molecule has 2 nitrogen and oxygen atoms in total. The molecule has 1 atom stereocenters. The Morgan fingerprint density at radius 1 is 1.08 bits per heavy atom. The van der Waals surface area contributed by atoms with Crippen molar-refractivity contribution in [1.29, 1.82) is 0 Å². The topological polar surface area (TPSA) is 29.1 Å². The van der Waals surface area contributed by atoms with Crippen LogP contribution in [0.1, 0.15) is 0 Å². The molecule has 0 aliphatic carbocycles. The van der Waals surface area contributed by atoms with Crippen molar-refractivity contribution >= 4 is 22.3 Å². The number of carbonyl (C=O) groups excluding carboxylic acids is 1. The molecule has 0 saturated heterocycles. The van der Waals surface area contributed by atoms with Crippen LogP contribution in [0.5, 0.6) is 0 Å². The predicted molar refractivity (Wildman–Crippen MR) is 33.0 cm³/mol. The van der Waals surface area contributed by atoms with Crippen LogP contribution in [0.4, 0.5) is 26.3 Å². The summed E-state index contributed by atoms with van der Waals surface area (Å²) in [5.74, 6) is -5.11. The second-order valence-electron chi connectivity index (χ2n) is 1.92. The van der Waals surface area contributed by atoms with E-state index in [1.807, 2.05) is 0 Å². The Balaban J connectivity index is 5.07. The number of halogens is 7. The summed E-state index contributed by atoms with van der Waals surface area (Å²) in [7, 11) is 0. The zero-order valence-electron chi connectivity index (χ0n) is 5.63. The molecule has 1 amide bonds. The van der Waals surface area contributed by atoms with Gasteiger partial charge in [0, 0.05) is 0 Å². The smallest absolute Gasteiger partial charge is 0.313 e. The summed E-state index contributed by atoms with van der Waals surface area (Å²) in [5.41, 5.74) is 0. The maximum Gasteiger partial charge on any atom is 0.449 e. The van der Waals surface area contributed by atoms with Gasteiger partial charge in [0.15, 0.2) is 0 Å². The third-order valence-corrected chi connectivity index (χ3v) is 1.59. The molecule has 0 bridgehead atoms. The third kappa shape index (κ3) is 2.26. The Labute approximate surface area is 76.4 Å². The molecule has 0 aromatic carbocycles. The van der Waals surface area contributed by atoms with Gasteiger partial charge in [-0.05, 0) is 15.9 Å². The average molecular weight is 274 g/mol. The van der Waals surface area contributed by atoms with Crippen molar-refractivity contribution in [3.8, 4) is 0 Å². The monoisotopic (exact) mass is 273 g/mol. The van der Waals surface area contributed by atoms with E-state index >= 15 is 0 Å². The van der Waals surface area contributed by atoms with Crippen LogP contribution in [0.3, 0.4) is 0 Å². The van der Waals surface area contributed by atoms with E-state index in [1.165, 1.54) is 15.9 Å². The van der Waals surface area contributed by atoms with E-state index in [1.54, 1.807) is 0 Å². The van der Waals surface area contributed by atoms with E-state index in [4.69, 9.17) is 0 Å². The molecule has 0 saturated carbocycles. The number of amides is 1. The number of nitrogens with one attached hydrogen (secondary N) is 1. The third-order valence-electron chi connectivity index (χ3n) is 1.04. The van der Waals surface area contributed by atoms with Crippen LogP contribution in [0.2, 0.25) is 0 Å². The van der Waals surface area contributed by atoms with Gasteiger partial charge in [-0.3, -0.25) is 4.79 Å². The summed E-state index contributed by atoms with van der Waals surface area (Å²) in [6, 6.07) is 0. The highest BCUT2D eigenvalue weighted by Crippen LogP contribution is 2.46. The molecule has 0 aliphatic rings. The summed E-state index contributed by atoms with van der Waals surface area (Å²) >= 11 is 1.19. The molecule has 1 N–H and O–H groups in total. The van der Waals surface area contributed by atoms with Crippen molar-refractivity contribution < 1.29 is 31.1 Å². The van der Waals surface area contributed by atoms with E-state index in [0.29, 0.717) is 5.32 Å². The van der Waals surface area contributed by atoms with Crippen LogP contribution in [-0.2, 0) is 4.79 Å². The summed E-state index contributed by atoms with van der Waals surface area (Å²) in [5, 5.41) is 0.370. The van der Waals surface area contributed by atoms with Gasteiger partial charge < -0.3 is 5.32 Å². The highest BCUT2D eigenvalue weighted by Gasteiger charge is 2.70. The van der Waals surface area contributed by atoms with E-state index < -0.39 is 23.2 Å². The minimum atomic E-state index is -5.92. The fraction of sp³-hybridized carbons (Fsp3) is 0.750. The van der Waals surface area contributed by atoms with Gasteiger partial charge in [0.25, 0.3) is 0 Å². The van der Waals surface area contributed by atoms with Gasteiger partial charge in [-0.1, -0.05) is 0 Å². The largest absolute Gasteiger partial charge is 0.449 e. The quantitative estimate of drug-likeness (QED) is 0.362. The number of rotatable bonds is 3. The molecular weight excluding hydrogens is 272 g/mol. The highest BCUT2D eigenvalue weighted by atomic mass is 79.9. The van der Waals surface area contributed by atoms with Gasteiger partial charge in [-0.25, -0.2) is 4.39 Å². The maximum absolute atomic E-state index is 12.5. The first-order valence-electron chi connectivity index (χ1n) is 2.60. The van der Waals surface area contributed by atoms with E-state index in [9.17, 15) is 31.1 Å². The normalized spacial score (nSPS) is 17.8. The summed E-state index contributed by atoms with van der Waals surface area (Å²) in [4.78, 5) is 4.58. The Kier molecular flexibility index (Phi) is 3.23. The van der Waals surface area contributed by atoms with Gasteiger partial charge >= 0.3 is 16.8 Å². The van der Waals surface area contributed by atoms with Gasteiger partial charge in [0.05, 0.1) is 0 Å². The van der Waals surface area contributed by atoms with E-state index in [0.717, 1.165) is 0 Å². The van der Waals surface area contributed by atoms with Crippen LogP contribution >= 0.6 is 15.9 Å². The van der Waals surface area contributed by atoms with Crippen LogP contribution < -0.4 is 5.32 Å². The number of hydrogen-bond acceptors (Lipinski definition) is 1. The first-order chi connectivity index (χ1) is 5.56. The van der Waals surface area contributed by atoms with E-state index in [-0.39, 0.29) is 0 Å². The van der Waals surface area contributed by atoms with Crippen LogP contribution in [0.15, 0.2) is 0 Å². The lowest BCUT2D eigenvalue weighted by atomic mass is 10.2. The van der Waals surface area contributed by atoms with Crippen molar-refractivity contribution in [3.05, 3.63) is 0 Å². The molecule has 0 heterocycles. The van der Waals surface area contributed by atoms with Crippen molar-refractivity contribution in [2.75, 3.05) is 0 Å². The van der Waals surface area contributed by atoms with Gasteiger partial charge in [0.2, 0.25) is 6.41 Å². The molecule has 0 aliphatic heterocycles. The molecule has 0 fully saturated rings. The zero-order chi connectivity index (χ0) is 10.9. The first kappa shape index (κ1) is 12.5. The molecule has 78 valence electrons. The number of hydrogen-bond donors (Lipinski definition) is 1. The minimum absolute atomic E-state index is 0.370. The molecule has 0 aromatic heterocycles. The van der Waals surface area contributed by atoms with Crippen molar-refractivity contribution in [1.82, 2.24) is 5.32 Å². The molecule has 0 spiro atoms. The van der Waals surface area contributed by atoms with Crippen molar-refractivity contribution in [3.63, 3.8) is 0 Å². The molecule has 0 rings (SSSR count). The van der Waals surface area contributed by atoms with Crippen LogP contribution in [0.25, 0.3) is 0 Å². The predicted octanol–water partition coefficient (Wildman–Crippen LogP) is 1.95. The molecular formula is C4H2BrF6NO. The maximum atomic E-state index is 12.5. The summed E-state index contributed by atoms with van der Waals surface area (Å²) in [6.07, 6.45) is -6.72. The zero-order valence-corrected chi connectivity index (χ0v) is 7.22. The minimum Gasteiger partial charge on any atom is -0.313 e. The lowest BCUT2D eigenvalue weighted by molar-refractivity contribution is -0.284. The van der Waals surface area contributed by atoms with E-state index in [2.05, 4.69) is 0 Å². The fourth-order valence-electron chi connectivity index (χ4n) is 0.406. The Morgan fingerprint density at radius 3 is 1.54 bits per heavy atom. The first-order valence-corrected chi connectivity index (χ1v) is 3.39. The Hall–Kier alpha value is -0.470. The fourth-order valence-corrected chi connectivity index (χ4v) is 0.745. The standard InChI is InChI=1S/C4H2BrF6NO/c5-3(7,8)2(6,12-1-13)4(9,10)11/h1H,(H,12,13). The second-order valence-corrected chi connectivity index (χ2v) is 2.91. The molecule has 9 heteroatoms. The highest BCUT2D eigenvalue weighted by molar-refractivity contribution is 9.10. The Bertz CT molecular complexity index is 184. The molecule has 1 unspecified atom stereocenters. The lowest BCUT2D eigenvalue weighted by Gasteiger charge is -2.30. The van der Waals surface area contributed by atoms with Gasteiger partial charge in [0.1, 0.15) is 0 Å². The summed E-state index contributed by atoms with van der Waals surface area (Å²) in [6.45, 7) is 0. The van der Waals surface area contributed by atoms with Crippen LogP contribution in [0, 0.1) is 0 Å². The van der Waals surface area contributed by atoms with Gasteiger partial charge in [-0.15, -0.1) is 0 Å². The molecule has 0 radical (unpaired) electrons. The Morgan fingerprint density at radius 2 is 1.46 bits per heavy atom. The van der Waals surface area contributed by atoms with Crippen molar-refractivity contribution in [2.24, 2.45) is 0 Å². The molecule has 0 aromatic rings. The SMILES string of the molecule is O=CNC(F)(C(F)(F)F)C(F)(F)Br. The number of alkyl halides is 7. The molecule has 13 heavy (non-hydrogen) atoms. The summed E-state index contributed by atoms with van der Waals surface area (Å²) < 4.78 is 71.7. The van der Waals surface area contributed by atoms with Gasteiger partial charge in [-0.2, -0.15) is 22.0 Å². The average Bonchev–Trinajstić information content (AvgIpc) is 1.82. The van der Waals surface area contributed by atoms with Crippen LogP contribution in [-0.4, -0.2) is 23.2 Å². The van der Waals surface area contributed by atoms with Crippen molar-refractivity contribution in [2.45, 2.75) is 16.8 Å².